The summed E-state index contributed by atoms with van der Waals surface area (Å²) < 4.78 is 0. The first-order valence-corrected chi connectivity index (χ1v) is 11.1. The third-order valence-electron chi connectivity index (χ3n) is 6.50. The number of anilines is 1. The van der Waals surface area contributed by atoms with E-state index in [9.17, 15) is 4.79 Å². The molecule has 5 rings (SSSR count). The normalized spacial score (nSPS) is 29.3. The summed E-state index contributed by atoms with van der Waals surface area (Å²) in [7, 11) is 0. The standard InChI is InChI=1S/C22H27N3OS/c26-21(12-14-10-17-7-8-18(11-14)23-17)25-22-24-19-9-6-16(13-20(19)27-22)15-4-2-1-3-5-15/h1-5,14,16-18,23H,6-13H2,(H,24,25,26). The topological polar surface area (TPSA) is 54.0 Å². The predicted octanol–water partition coefficient (Wildman–Crippen LogP) is 4.27. The fourth-order valence-corrected chi connectivity index (χ4v) is 6.32. The van der Waals surface area contributed by atoms with E-state index in [0.29, 0.717) is 30.3 Å². The molecule has 1 amide bonds. The molecular weight excluding hydrogens is 354 g/mol. The van der Waals surface area contributed by atoms with E-state index >= 15 is 0 Å². The van der Waals surface area contributed by atoms with Crippen LogP contribution in [0.5, 0.6) is 0 Å². The minimum absolute atomic E-state index is 0.145. The zero-order valence-electron chi connectivity index (χ0n) is 15.6. The van der Waals surface area contributed by atoms with Crippen LogP contribution in [0.1, 0.15) is 60.6 Å². The van der Waals surface area contributed by atoms with Gasteiger partial charge < -0.3 is 10.6 Å². The summed E-state index contributed by atoms with van der Waals surface area (Å²) in [5, 5.41) is 7.55. The number of thiazole rings is 1. The number of carbonyl (C=O) groups is 1. The number of amides is 1. The van der Waals surface area contributed by atoms with Crippen LogP contribution in [0.4, 0.5) is 5.13 Å². The summed E-state index contributed by atoms with van der Waals surface area (Å²) in [6.45, 7) is 0. The lowest BCUT2D eigenvalue weighted by Crippen LogP contribution is -2.39. The van der Waals surface area contributed by atoms with Crippen LogP contribution in [0, 0.1) is 5.92 Å². The van der Waals surface area contributed by atoms with Gasteiger partial charge in [0.1, 0.15) is 0 Å². The number of nitrogens with zero attached hydrogens (tertiary/aromatic N) is 1. The van der Waals surface area contributed by atoms with Crippen LogP contribution in [-0.2, 0) is 17.6 Å². The fraction of sp³-hybridized carbons (Fsp3) is 0.545. The van der Waals surface area contributed by atoms with E-state index in [-0.39, 0.29) is 5.91 Å². The van der Waals surface area contributed by atoms with Crippen LogP contribution in [0.2, 0.25) is 0 Å². The van der Waals surface area contributed by atoms with E-state index in [1.165, 1.54) is 29.0 Å². The van der Waals surface area contributed by atoms with Crippen molar-refractivity contribution in [1.29, 1.82) is 0 Å². The highest BCUT2D eigenvalue weighted by Crippen LogP contribution is 2.37. The lowest BCUT2D eigenvalue weighted by atomic mass is 9.85. The second-order valence-corrected chi connectivity index (χ2v) is 9.55. The van der Waals surface area contributed by atoms with E-state index in [0.717, 1.165) is 37.2 Å². The van der Waals surface area contributed by atoms with Crippen LogP contribution in [0.25, 0.3) is 0 Å². The highest BCUT2D eigenvalue weighted by Gasteiger charge is 2.34. The number of hydrogen-bond acceptors (Lipinski definition) is 4. The Morgan fingerprint density at radius 3 is 2.70 bits per heavy atom. The zero-order chi connectivity index (χ0) is 18.2. The molecule has 3 unspecified atom stereocenters. The van der Waals surface area contributed by atoms with Gasteiger partial charge in [0.15, 0.2) is 5.13 Å². The molecule has 0 saturated carbocycles. The van der Waals surface area contributed by atoms with Crippen molar-refractivity contribution >= 4 is 22.4 Å². The molecule has 0 radical (unpaired) electrons. The Kier molecular flexibility index (Phi) is 4.74. The average Bonchev–Trinajstić information content (AvgIpc) is 3.23. The Morgan fingerprint density at radius 1 is 1.15 bits per heavy atom. The summed E-state index contributed by atoms with van der Waals surface area (Å²) >= 11 is 1.68. The maximum Gasteiger partial charge on any atom is 0.226 e. The van der Waals surface area contributed by atoms with Gasteiger partial charge in [0.05, 0.1) is 5.69 Å². The third kappa shape index (κ3) is 3.81. The van der Waals surface area contributed by atoms with Gasteiger partial charge >= 0.3 is 0 Å². The molecule has 4 nitrogen and oxygen atoms in total. The van der Waals surface area contributed by atoms with E-state index in [4.69, 9.17) is 4.98 Å². The van der Waals surface area contributed by atoms with Crippen LogP contribution < -0.4 is 10.6 Å². The second kappa shape index (κ2) is 7.36. The van der Waals surface area contributed by atoms with Gasteiger partial charge in [-0.3, -0.25) is 4.79 Å². The maximum atomic E-state index is 12.5. The first kappa shape index (κ1) is 17.4. The van der Waals surface area contributed by atoms with Crippen molar-refractivity contribution in [2.75, 3.05) is 5.32 Å². The Hall–Kier alpha value is -1.72. The van der Waals surface area contributed by atoms with Gasteiger partial charge in [0.2, 0.25) is 5.91 Å². The number of piperidine rings is 1. The van der Waals surface area contributed by atoms with Crippen LogP contribution >= 0.6 is 11.3 Å². The summed E-state index contributed by atoms with van der Waals surface area (Å²) in [6.07, 6.45) is 8.71. The number of nitrogens with one attached hydrogen (secondary N) is 2. The highest BCUT2D eigenvalue weighted by molar-refractivity contribution is 7.15. The van der Waals surface area contributed by atoms with Crippen molar-refractivity contribution in [2.45, 2.75) is 69.4 Å². The number of hydrogen-bond donors (Lipinski definition) is 2. The Morgan fingerprint density at radius 2 is 1.93 bits per heavy atom. The monoisotopic (exact) mass is 381 g/mol. The van der Waals surface area contributed by atoms with Crippen molar-refractivity contribution in [3.05, 3.63) is 46.5 Å². The molecule has 5 heteroatoms. The molecule has 1 aromatic heterocycles. The Balaban J connectivity index is 1.20. The minimum Gasteiger partial charge on any atom is -0.311 e. The van der Waals surface area contributed by atoms with Crippen molar-refractivity contribution in [3.8, 4) is 0 Å². The molecule has 1 aromatic carbocycles. The molecule has 2 N–H and O–H groups in total. The van der Waals surface area contributed by atoms with Crippen LogP contribution in [0.15, 0.2) is 30.3 Å². The van der Waals surface area contributed by atoms with Crippen molar-refractivity contribution in [3.63, 3.8) is 0 Å². The molecule has 2 bridgehead atoms. The number of fused-ring (bicyclic) bond motifs is 3. The first-order valence-electron chi connectivity index (χ1n) is 10.3. The molecular formula is C22H27N3OS. The number of aryl methyl sites for hydroxylation is 1. The SMILES string of the molecule is O=C(CC1CC2CCC(C1)N2)Nc1nc2c(s1)CC(c1ccccc1)CC2. The van der Waals surface area contributed by atoms with E-state index < -0.39 is 0 Å². The van der Waals surface area contributed by atoms with Gasteiger partial charge in [0.25, 0.3) is 0 Å². The maximum absolute atomic E-state index is 12.5. The molecule has 3 aliphatic rings. The minimum atomic E-state index is 0.145. The molecule has 1 aliphatic carbocycles. The zero-order valence-corrected chi connectivity index (χ0v) is 16.4. The number of benzene rings is 1. The van der Waals surface area contributed by atoms with Gasteiger partial charge in [-0.1, -0.05) is 30.3 Å². The smallest absolute Gasteiger partial charge is 0.226 e. The van der Waals surface area contributed by atoms with Gasteiger partial charge in [-0.2, -0.15) is 0 Å². The Bertz CT molecular complexity index is 806. The molecule has 2 saturated heterocycles. The van der Waals surface area contributed by atoms with Crippen molar-refractivity contribution < 1.29 is 4.79 Å². The largest absolute Gasteiger partial charge is 0.311 e. The highest BCUT2D eigenvalue weighted by atomic mass is 32.1. The molecule has 2 aliphatic heterocycles. The lowest BCUT2D eigenvalue weighted by molar-refractivity contribution is -0.117. The molecule has 27 heavy (non-hydrogen) atoms. The van der Waals surface area contributed by atoms with Gasteiger partial charge in [-0.25, -0.2) is 4.98 Å². The molecule has 142 valence electrons. The second-order valence-electron chi connectivity index (χ2n) is 8.47. The van der Waals surface area contributed by atoms with Gasteiger partial charge in [0, 0.05) is 23.4 Å². The van der Waals surface area contributed by atoms with Crippen molar-refractivity contribution in [1.82, 2.24) is 10.3 Å². The average molecular weight is 382 g/mol. The third-order valence-corrected chi connectivity index (χ3v) is 7.54. The number of rotatable bonds is 4. The molecule has 3 atom stereocenters. The van der Waals surface area contributed by atoms with Crippen LogP contribution in [0.3, 0.4) is 0 Å². The van der Waals surface area contributed by atoms with E-state index in [1.807, 2.05) is 0 Å². The van der Waals surface area contributed by atoms with Gasteiger partial charge in [-0.15, -0.1) is 11.3 Å². The summed E-state index contributed by atoms with van der Waals surface area (Å²) in [5.74, 6) is 1.25. The molecule has 2 aromatic rings. The summed E-state index contributed by atoms with van der Waals surface area (Å²) in [4.78, 5) is 18.6. The van der Waals surface area contributed by atoms with Crippen molar-refractivity contribution in [2.24, 2.45) is 5.92 Å². The quantitative estimate of drug-likeness (QED) is 0.831. The molecule has 2 fully saturated rings. The Labute approximate surface area is 164 Å². The summed E-state index contributed by atoms with van der Waals surface area (Å²) in [5.41, 5.74) is 2.62. The predicted molar refractivity (Wildman–Crippen MR) is 109 cm³/mol. The first-order chi connectivity index (χ1) is 13.2. The fourth-order valence-electron chi connectivity index (χ4n) is 5.21. The van der Waals surface area contributed by atoms with E-state index in [1.54, 1.807) is 11.3 Å². The lowest BCUT2D eigenvalue weighted by Gasteiger charge is -2.28. The summed E-state index contributed by atoms with van der Waals surface area (Å²) in [6, 6.07) is 12.1. The van der Waals surface area contributed by atoms with Gasteiger partial charge in [-0.05, 0) is 62.3 Å². The number of carbonyl (C=O) groups excluding carboxylic acids is 1. The van der Waals surface area contributed by atoms with E-state index in [2.05, 4.69) is 41.0 Å². The number of aromatic nitrogens is 1. The molecule has 3 heterocycles. The molecule has 0 spiro atoms. The van der Waals surface area contributed by atoms with Crippen LogP contribution in [-0.4, -0.2) is 23.0 Å².